The number of piperazine rings is 1. The van der Waals surface area contributed by atoms with Crippen LogP contribution in [0.3, 0.4) is 0 Å². The number of amides is 1. The minimum atomic E-state index is -4.56. The van der Waals surface area contributed by atoms with Crippen LogP contribution >= 0.6 is 22.6 Å². The molecule has 3 aromatic heterocycles. The monoisotopic (exact) mass is 703 g/mol. The summed E-state index contributed by atoms with van der Waals surface area (Å²) in [6.07, 6.45) is -1.61. The molecule has 0 bridgehead atoms. The van der Waals surface area contributed by atoms with Gasteiger partial charge in [-0.15, -0.1) is 5.10 Å². The molecular weight excluding hydrogens is 674 g/mol. The Bertz CT molecular complexity index is 1690. The lowest BCUT2D eigenvalue weighted by Crippen LogP contribution is -2.44. The number of carbonyl (C=O) groups is 1. The van der Waals surface area contributed by atoms with Crippen LogP contribution in [0.15, 0.2) is 48.8 Å². The molecule has 1 N–H and O–H groups in total. The molecule has 0 aliphatic carbocycles. The molecule has 224 valence electrons. The lowest BCUT2D eigenvalue weighted by atomic mass is 10.0. The first-order valence-electron chi connectivity index (χ1n) is 13.6. The van der Waals surface area contributed by atoms with Crippen LogP contribution in [0.4, 0.5) is 18.9 Å². The molecule has 43 heavy (non-hydrogen) atoms. The molecule has 0 atom stereocenters. The van der Waals surface area contributed by atoms with E-state index in [2.05, 4.69) is 59.7 Å². The minimum absolute atomic E-state index is 0.0463. The number of anilines is 1. The molecule has 0 saturated carbocycles. The number of ether oxygens (including phenoxy) is 1. The molecular formula is C30H29F3IN7O2. The molecule has 4 aromatic rings. The van der Waals surface area contributed by atoms with Crippen molar-refractivity contribution in [1.82, 2.24) is 29.4 Å². The third kappa shape index (κ3) is 7.62. The number of rotatable bonds is 7. The lowest BCUT2D eigenvalue weighted by Gasteiger charge is -2.33. The van der Waals surface area contributed by atoms with E-state index in [0.29, 0.717) is 48.2 Å². The average Bonchev–Trinajstić information content (AvgIpc) is 3.39. The largest absolute Gasteiger partial charge is 0.476 e. The Morgan fingerprint density at radius 2 is 1.86 bits per heavy atom. The number of likely N-dealkylation sites (N-methyl/N-ethyl adjacent to an activating group) is 1. The number of hydrogen-bond acceptors (Lipinski definition) is 7. The third-order valence-corrected chi connectivity index (χ3v) is 7.44. The minimum Gasteiger partial charge on any atom is -0.476 e. The SMILES string of the molecule is Cc1ncc(C(=O)Nc2ccc(CN3CCN(C)CC3)c(C(F)(F)F)c2)cc1C#Cc1cnc2ccc(OCCI)nn12. The van der Waals surface area contributed by atoms with Gasteiger partial charge in [-0.3, -0.25) is 14.7 Å². The summed E-state index contributed by atoms with van der Waals surface area (Å²) in [5.41, 5.74) is 1.81. The standard InChI is InChI=1S/C30H29F3IN7O2/c1-20-21(4-6-25-18-36-27-7-8-28(38-41(25)27)43-14-9-34)15-23(17-35-20)29(42)37-24-5-3-22(26(16-24)30(31,32)33)19-40-12-10-39(2)11-13-40/h3,5,7-8,15-18H,9-14,19H2,1-2H3,(H,37,42). The first kappa shape index (κ1) is 30.7. The number of benzene rings is 1. The van der Waals surface area contributed by atoms with E-state index in [4.69, 9.17) is 4.74 Å². The van der Waals surface area contributed by atoms with Crippen LogP contribution in [0.1, 0.15) is 38.4 Å². The Morgan fingerprint density at radius 1 is 1.07 bits per heavy atom. The van der Waals surface area contributed by atoms with Crippen molar-refractivity contribution in [3.05, 3.63) is 82.4 Å². The van der Waals surface area contributed by atoms with Gasteiger partial charge in [0.1, 0.15) is 5.69 Å². The van der Waals surface area contributed by atoms with Crippen LogP contribution in [0.5, 0.6) is 5.88 Å². The Morgan fingerprint density at radius 3 is 2.60 bits per heavy atom. The normalized spacial score (nSPS) is 14.4. The fourth-order valence-electron chi connectivity index (χ4n) is 4.58. The second-order valence-electron chi connectivity index (χ2n) is 10.1. The zero-order chi connectivity index (χ0) is 30.6. The zero-order valence-corrected chi connectivity index (χ0v) is 25.7. The summed E-state index contributed by atoms with van der Waals surface area (Å²) in [4.78, 5) is 25.8. The van der Waals surface area contributed by atoms with Gasteiger partial charge in [-0.1, -0.05) is 34.6 Å². The zero-order valence-electron chi connectivity index (χ0n) is 23.6. The van der Waals surface area contributed by atoms with Crippen LogP contribution in [0.25, 0.3) is 5.65 Å². The van der Waals surface area contributed by atoms with Gasteiger partial charge in [-0.05, 0) is 49.7 Å². The number of pyridine rings is 1. The van der Waals surface area contributed by atoms with E-state index in [9.17, 15) is 18.0 Å². The number of nitrogens with zero attached hydrogens (tertiary/aromatic N) is 6. The number of hydrogen-bond donors (Lipinski definition) is 1. The summed E-state index contributed by atoms with van der Waals surface area (Å²) in [6.45, 7) is 5.46. The van der Waals surface area contributed by atoms with E-state index in [0.717, 1.165) is 23.6 Å². The summed E-state index contributed by atoms with van der Waals surface area (Å²) >= 11 is 2.21. The number of imidazole rings is 1. The molecule has 1 aliphatic heterocycles. The number of alkyl halides is 4. The van der Waals surface area contributed by atoms with Gasteiger partial charge in [0, 0.05) is 60.7 Å². The van der Waals surface area contributed by atoms with Crippen molar-refractivity contribution < 1.29 is 22.7 Å². The Hall–Kier alpha value is -3.74. The highest BCUT2D eigenvalue weighted by atomic mass is 127. The van der Waals surface area contributed by atoms with Crippen molar-refractivity contribution in [3.8, 4) is 17.7 Å². The number of carbonyl (C=O) groups excluding carboxylic acids is 1. The van der Waals surface area contributed by atoms with Crippen molar-refractivity contribution in [2.24, 2.45) is 0 Å². The molecule has 1 saturated heterocycles. The van der Waals surface area contributed by atoms with Crippen LogP contribution in [-0.4, -0.2) is 79.6 Å². The number of fused-ring (bicyclic) bond motifs is 1. The molecule has 0 radical (unpaired) electrons. The van der Waals surface area contributed by atoms with Crippen molar-refractivity contribution in [3.63, 3.8) is 0 Å². The van der Waals surface area contributed by atoms with Gasteiger partial charge in [0.25, 0.3) is 5.91 Å². The predicted molar refractivity (Wildman–Crippen MR) is 164 cm³/mol. The molecule has 1 amide bonds. The Labute approximate surface area is 260 Å². The Balaban J connectivity index is 1.34. The van der Waals surface area contributed by atoms with Crippen LogP contribution in [0, 0.1) is 18.8 Å². The van der Waals surface area contributed by atoms with Gasteiger partial charge in [0.05, 0.1) is 29.6 Å². The first-order chi connectivity index (χ1) is 20.6. The van der Waals surface area contributed by atoms with Crippen molar-refractivity contribution in [2.75, 3.05) is 49.6 Å². The molecule has 0 spiro atoms. The molecule has 1 aliphatic rings. The third-order valence-electron chi connectivity index (χ3n) is 7.00. The molecule has 1 fully saturated rings. The van der Waals surface area contributed by atoms with E-state index >= 15 is 0 Å². The molecule has 5 rings (SSSR count). The van der Waals surface area contributed by atoms with Crippen LogP contribution < -0.4 is 10.1 Å². The molecule has 1 aromatic carbocycles. The van der Waals surface area contributed by atoms with E-state index in [1.807, 2.05) is 11.9 Å². The maximum absolute atomic E-state index is 14.0. The maximum atomic E-state index is 14.0. The highest BCUT2D eigenvalue weighted by Gasteiger charge is 2.34. The quantitative estimate of drug-likeness (QED) is 0.170. The van der Waals surface area contributed by atoms with Crippen molar-refractivity contribution >= 4 is 39.8 Å². The first-order valence-corrected chi connectivity index (χ1v) is 15.1. The number of aromatic nitrogens is 4. The van der Waals surface area contributed by atoms with Crippen molar-refractivity contribution in [2.45, 2.75) is 19.6 Å². The van der Waals surface area contributed by atoms with Gasteiger partial charge < -0.3 is 15.0 Å². The fourth-order valence-corrected chi connectivity index (χ4v) is 4.80. The second kappa shape index (κ2) is 13.3. The molecule has 9 nitrogen and oxygen atoms in total. The number of nitrogens with one attached hydrogen (secondary N) is 1. The number of aryl methyl sites for hydroxylation is 1. The fraction of sp³-hybridized carbons (Fsp3) is 0.333. The maximum Gasteiger partial charge on any atom is 0.416 e. The van der Waals surface area contributed by atoms with Gasteiger partial charge in [-0.2, -0.15) is 13.2 Å². The van der Waals surface area contributed by atoms with Gasteiger partial charge in [0.15, 0.2) is 5.65 Å². The smallest absolute Gasteiger partial charge is 0.416 e. The summed E-state index contributed by atoms with van der Waals surface area (Å²) in [7, 11) is 1.99. The summed E-state index contributed by atoms with van der Waals surface area (Å²) in [5, 5.41) is 7.01. The second-order valence-corrected chi connectivity index (χ2v) is 11.2. The average molecular weight is 704 g/mol. The van der Waals surface area contributed by atoms with E-state index in [1.165, 1.54) is 18.3 Å². The highest BCUT2D eigenvalue weighted by Crippen LogP contribution is 2.34. The Kier molecular flexibility index (Phi) is 9.48. The predicted octanol–water partition coefficient (Wildman–Crippen LogP) is 4.66. The summed E-state index contributed by atoms with van der Waals surface area (Å²) < 4.78 is 50.0. The summed E-state index contributed by atoms with van der Waals surface area (Å²) in [6, 6.07) is 8.99. The highest BCUT2D eigenvalue weighted by molar-refractivity contribution is 14.1. The van der Waals surface area contributed by atoms with E-state index < -0.39 is 17.6 Å². The van der Waals surface area contributed by atoms with Crippen LogP contribution in [-0.2, 0) is 12.7 Å². The lowest BCUT2D eigenvalue weighted by molar-refractivity contribution is -0.138. The van der Waals surface area contributed by atoms with Gasteiger partial charge >= 0.3 is 6.18 Å². The molecule has 0 unspecified atom stereocenters. The van der Waals surface area contributed by atoms with Gasteiger partial charge in [0.2, 0.25) is 5.88 Å². The van der Waals surface area contributed by atoms with E-state index in [-0.39, 0.29) is 23.4 Å². The van der Waals surface area contributed by atoms with Gasteiger partial charge in [-0.25, -0.2) is 9.50 Å². The molecule has 13 heteroatoms. The number of halogens is 4. The molecule has 4 heterocycles. The van der Waals surface area contributed by atoms with Crippen LogP contribution in [0.2, 0.25) is 0 Å². The summed E-state index contributed by atoms with van der Waals surface area (Å²) in [5.74, 6) is 5.89. The van der Waals surface area contributed by atoms with Crippen molar-refractivity contribution in [1.29, 1.82) is 0 Å². The topological polar surface area (TPSA) is 87.9 Å². The van der Waals surface area contributed by atoms with E-state index in [1.54, 1.807) is 35.8 Å².